The van der Waals surface area contributed by atoms with E-state index in [9.17, 15) is 4.79 Å². The van der Waals surface area contributed by atoms with Gasteiger partial charge in [-0.1, -0.05) is 30.7 Å². The first-order chi connectivity index (χ1) is 23.4. The Labute approximate surface area is 287 Å². The summed E-state index contributed by atoms with van der Waals surface area (Å²) in [5.41, 5.74) is 14.7. The summed E-state index contributed by atoms with van der Waals surface area (Å²) in [5, 5.41) is 6.91. The molecule has 0 bridgehead atoms. The second kappa shape index (κ2) is 20.5. The van der Waals surface area contributed by atoms with Gasteiger partial charge in [-0.25, -0.2) is 14.8 Å². The monoisotopic (exact) mass is 685 g/mol. The van der Waals surface area contributed by atoms with Gasteiger partial charge >= 0.3 is 6.03 Å². The van der Waals surface area contributed by atoms with E-state index in [1.807, 2.05) is 31.2 Å². The Balaban J connectivity index is 1.09. The van der Waals surface area contributed by atoms with Crippen molar-refractivity contribution in [1.82, 2.24) is 25.5 Å². The lowest BCUT2D eigenvalue weighted by Crippen LogP contribution is -2.47. The first kappa shape index (κ1) is 37.0. The van der Waals surface area contributed by atoms with Gasteiger partial charge in [0.2, 0.25) is 0 Å². The zero-order chi connectivity index (χ0) is 34.0. The van der Waals surface area contributed by atoms with Crippen molar-refractivity contribution >= 4 is 46.1 Å². The van der Waals surface area contributed by atoms with Crippen molar-refractivity contribution in [1.29, 1.82) is 0 Å². The van der Waals surface area contributed by atoms with E-state index in [1.165, 1.54) is 0 Å². The number of hydrogen-bond donors (Lipinski definition) is 4. The molecule has 15 heteroatoms. The molecule has 0 saturated carbocycles. The summed E-state index contributed by atoms with van der Waals surface area (Å²) >= 11 is 6.32. The van der Waals surface area contributed by atoms with Gasteiger partial charge in [0.15, 0.2) is 5.96 Å². The Morgan fingerprint density at radius 3 is 2.21 bits per heavy atom. The van der Waals surface area contributed by atoms with Crippen LogP contribution in [0.5, 0.6) is 0 Å². The van der Waals surface area contributed by atoms with E-state index < -0.39 is 0 Å². The summed E-state index contributed by atoms with van der Waals surface area (Å²) in [7, 11) is 0. The summed E-state index contributed by atoms with van der Waals surface area (Å²) < 4.78 is 22.2. The minimum atomic E-state index is -0.223. The van der Waals surface area contributed by atoms with Crippen LogP contribution in [0.25, 0.3) is 22.2 Å². The van der Waals surface area contributed by atoms with Crippen molar-refractivity contribution < 1.29 is 23.7 Å². The summed E-state index contributed by atoms with van der Waals surface area (Å²) in [5.74, 6) is 0.101. The van der Waals surface area contributed by atoms with Crippen LogP contribution in [0.4, 0.5) is 16.4 Å². The van der Waals surface area contributed by atoms with Crippen molar-refractivity contribution in [3.63, 3.8) is 0 Å². The quantitative estimate of drug-likeness (QED) is 0.0782. The third-order valence-electron chi connectivity index (χ3n) is 7.44. The molecule has 2 amide bonds. The maximum atomic E-state index is 11.6. The molecule has 14 nitrogen and oxygen atoms in total. The van der Waals surface area contributed by atoms with E-state index >= 15 is 0 Å². The van der Waals surface area contributed by atoms with Crippen LogP contribution < -0.4 is 27.0 Å². The maximum absolute atomic E-state index is 11.6. The minimum absolute atomic E-state index is 0.102. The standard InChI is InChI=1S/C33H48ClN9O5/c1-2-15-45-16-8-37-33(44)38-9-17-46-19-21-48-22-20-47-18-14-42-10-12-43(13-11-42)27-5-3-4-25(23-27)30-28-24-26(34)6-7-29(28)39-32(40-30)41-31(35)36/h3-7,23-24H,2,8-22H2,1H3,(H2,37,38,44)(H4,35,36,39,40,41). The molecule has 1 aromatic heterocycles. The number of anilines is 1. The number of rotatable bonds is 20. The second-order valence-electron chi connectivity index (χ2n) is 11.1. The molecule has 4 rings (SSSR count). The normalized spacial score (nSPS) is 13.5. The predicted octanol–water partition coefficient (Wildman–Crippen LogP) is 2.75. The van der Waals surface area contributed by atoms with Crippen molar-refractivity contribution in [2.75, 3.05) is 104 Å². The molecule has 0 radical (unpaired) electrons. The number of fused-ring (bicyclic) bond motifs is 1. The lowest BCUT2D eigenvalue weighted by atomic mass is 10.1. The Morgan fingerprint density at radius 2 is 1.52 bits per heavy atom. The average molecular weight is 686 g/mol. The highest BCUT2D eigenvalue weighted by molar-refractivity contribution is 6.31. The van der Waals surface area contributed by atoms with Crippen LogP contribution in [0, 0.1) is 0 Å². The Bertz CT molecular complexity index is 1450. The van der Waals surface area contributed by atoms with Gasteiger partial charge in [-0.3, -0.25) is 4.90 Å². The van der Waals surface area contributed by atoms with Crippen LogP contribution >= 0.6 is 11.6 Å². The van der Waals surface area contributed by atoms with E-state index in [0.717, 1.165) is 61.5 Å². The number of nitrogens with one attached hydrogen (secondary N) is 2. The van der Waals surface area contributed by atoms with Crippen molar-refractivity contribution in [2.24, 2.45) is 16.5 Å². The summed E-state index contributed by atoms with van der Waals surface area (Å²) in [6, 6.07) is 13.6. The maximum Gasteiger partial charge on any atom is 0.314 e. The van der Waals surface area contributed by atoms with Gasteiger partial charge in [-0.15, -0.1) is 0 Å². The number of carbonyl (C=O) groups excluding carboxylic acids is 1. The number of nitrogens with two attached hydrogens (primary N) is 2. The highest BCUT2D eigenvalue weighted by Crippen LogP contribution is 2.32. The number of urea groups is 1. The fourth-order valence-electron chi connectivity index (χ4n) is 5.07. The third kappa shape index (κ3) is 12.7. The fraction of sp³-hybridized carbons (Fsp3) is 0.515. The van der Waals surface area contributed by atoms with E-state index in [-0.39, 0.29) is 17.9 Å². The van der Waals surface area contributed by atoms with Crippen molar-refractivity contribution in [3.05, 3.63) is 47.5 Å². The molecule has 0 atom stereocenters. The molecule has 0 unspecified atom stereocenters. The van der Waals surface area contributed by atoms with Crippen LogP contribution in [0.2, 0.25) is 5.02 Å². The van der Waals surface area contributed by atoms with Gasteiger partial charge in [0, 0.05) is 74.1 Å². The lowest BCUT2D eigenvalue weighted by Gasteiger charge is -2.36. The van der Waals surface area contributed by atoms with Crippen LogP contribution in [0.3, 0.4) is 0 Å². The van der Waals surface area contributed by atoms with E-state index in [4.69, 9.17) is 42.0 Å². The number of guanidine groups is 1. The zero-order valence-electron chi connectivity index (χ0n) is 27.7. The Kier molecular flexibility index (Phi) is 15.9. The van der Waals surface area contributed by atoms with Gasteiger partial charge in [0.25, 0.3) is 5.95 Å². The van der Waals surface area contributed by atoms with E-state index in [2.05, 4.69) is 47.5 Å². The number of aromatic nitrogens is 2. The predicted molar refractivity (Wildman–Crippen MR) is 189 cm³/mol. The van der Waals surface area contributed by atoms with Gasteiger partial charge in [-0.05, 0) is 36.8 Å². The van der Waals surface area contributed by atoms with Crippen molar-refractivity contribution in [3.8, 4) is 11.3 Å². The molecule has 1 saturated heterocycles. The topological polar surface area (TPSA) is 175 Å². The average Bonchev–Trinajstić information content (AvgIpc) is 3.08. The number of nitrogens with zero attached hydrogens (tertiary/aromatic N) is 5. The molecular formula is C33H48ClN9O5. The Hall–Kier alpha value is -3.79. The summed E-state index contributed by atoms with van der Waals surface area (Å²) in [6.07, 6.45) is 0.965. The van der Waals surface area contributed by atoms with Crippen LogP contribution in [0.1, 0.15) is 13.3 Å². The minimum Gasteiger partial charge on any atom is -0.380 e. The fourth-order valence-corrected chi connectivity index (χ4v) is 5.24. The van der Waals surface area contributed by atoms with E-state index in [0.29, 0.717) is 76.5 Å². The molecule has 1 aliphatic rings. The number of piperazine rings is 1. The van der Waals surface area contributed by atoms with Gasteiger partial charge in [-0.2, -0.15) is 4.99 Å². The Morgan fingerprint density at radius 1 is 0.854 bits per heavy atom. The lowest BCUT2D eigenvalue weighted by molar-refractivity contribution is 0.0111. The molecule has 0 aliphatic carbocycles. The van der Waals surface area contributed by atoms with Crippen LogP contribution in [-0.4, -0.2) is 126 Å². The van der Waals surface area contributed by atoms with Gasteiger partial charge < -0.3 is 45.9 Å². The first-order valence-corrected chi connectivity index (χ1v) is 16.8. The molecule has 1 fully saturated rings. The van der Waals surface area contributed by atoms with Crippen LogP contribution in [0.15, 0.2) is 47.5 Å². The second-order valence-corrected chi connectivity index (χ2v) is 11.5. The van der Waals surface area contributed by atoms with Gasteiger partial charge in [0.05, 0.1) is 57.5 Å². The molecule has 2 heterocycles. The van der Waals surface area contributed by atoms with E-state index in [1.54, 1.807) is 6.07 Å². The zero-order valence-corrected chi connectivity index (χ0v) is 28.4. The van der Waals surface area contributed by atoms with Gasteiger partial charge in [0.1, 0.15) is 0 Å². The third-order valence-corrected chi connectivity index (χ3v) is 7.68. The molecule has 1 aliphatic heterocycles. The molecule has 48 heavy (non-hydrogen) atoms. The first-order valence-electron chi connectivity index (χ1n) is 16.4. The number of halogens is 1. The molecular weight excluding hydrogens is 638 g/mol. The molecule has 3 aromatic rings. The van der Waals surface area contributed by atoms with Crippen LogP contribution in [-0.2, 0) is 18.9 Å². The number of benzene rings is 2. The highest BCUT2D eigenvalue weighted by Gasteiger charge is 2.18. The number of amides is 2. The number of carbonyl (C=O) groups is 1. The summed E-state index contributed by atoms with van der Waals surface area (Å²) in [6.45, 7) is 11.8. The van der Waals surface area contributed by atoms with Crippen molar-refractivity contribution in [2.45, 2.75) is 13.3 Å². The number of ether oxygens (including phenoxy) is 4. The number of aliphatic imine (C=N–C) groups is 1. The molecule has 2 aromatic carbocycles. The largest absolute Gasteiger partial charge is 0.380 e. The molecule has 262 valence electrons. The smallest absolute Gasteiger partial charge is 0.314 e. The molecule has 0 spiro atoms. The summed E-state index contributed by atoms with van der Waals surface area (Å²) in [4.78, 5) is 29.6. The number of hydrogen-bond acceptors (Lipinski definition) is 10. The highest BCUT2D eigenvalue weighted by atomic mass is 35.5. The SMILES string of the molecule is CCCOCCNC(=O)NCCOCCOCCOCCN1CCN(c2cccc(-c3nc(N=C(N)N)nc4ccc(Cl)cc34)c2)CC1. The molecule has 6 N–H and O–H groups in total.